The number of carbonyl (C=O) groups excluding carboxylic acids is 5. The number of carboxylic acid groups (broad SMARTS) is 1. The minimum absolute atomic E-state index is 0.0479. The third-order valence-corrected chi connectivity index (χ3v) is 5.65. The van der Waals surface area contributed by atoms with E-state index in [0.29, 0.717) is 24.9 Å². The Morgan fingerprint density at radius 2 is 1.33 bits per heavy atom. The van der Waals surface area contributed by atoms with Crippen LogP contribution in [0.5, 0.6) is 5.75 Å². The Morgan fingerprint density at radius 3 is 1.87 bits per heavy atom. The molecule has 13 N–H and O–H groups in total. The number of aromatic hydroxyl groups is 1. The number of carbonyl (C=O) groups is 6. The molecule has 1 rings (SSSR count). The number of nitrogens with one attached hydrogen (secondary N) is 3. The lowest BCUT2D eigenvalue weighted by atomic mass is 10.0. The molecule has 0 saturated carbocycles. The average molecular weight is 552 g/mol. The first kappa shape index (κ1) is 32.8. The number of carboxylic acids is 1. The van der Waals surface area contributed by atoms with E-state index in [0.717, 1.165) is 0 Å². The van der Waals surface area contributed by atoms with Crippen LogP contribution in [0.2, 0.25) is 0 Å². The van der Waals surface area contributed by atoms with E-state index in [4.69, 9.17) is 22.9 Å². The van der Waals surface area contributed by atoms with Gasteiger partial charge in [-0.25, -0.2) is 4.79 Å². The van der Waals surface area contributed by atoms with Crippen molar-refractivity contribution in [1.29, 1.82) is 0 Å². The van der Waals surface area contributed by atoms with Crippen LogP contribution in [0, 0.1) is 0 Å². The lowest BCUT2D eigenvalue weighted by molar-refractivity contribution is -0.142. The topological polar surface area (TPSA) is 283 Å². The second-order valence-electron chi connectivity index (χ2n) is 8.96. The number of unbranched alkanes of at least 4 members (excludes halogenated alkanes) is 1. The summed E-state index contributed by atoms with van der Waals surface area (Å²) < 4.78 is 0. The van der Waals surface area contributed by atoms with Crippen LogP contribution < -0.4 is 38.9 Å². The number of hydrogen-bond donors (Lipinski definition) is 9. The summed E-state index contributed by atoms with van der Waals surface area (Å²) in [5, 5.41) is 26.0. The van der Waals surface area contributed by atoms with E-state index in [2.05, 4.69) is 16.0 Å². The largest absolute Gasteiger partial charge is 0.508 e. The van der Waals surface area contributed by atoms with Crippen LogP contribution in [0.3, 0.4) is 0 Å². The molecule has 0 aliphatic rings. The van der Waals surface area contributed by atoms with Crippen molar-refractivity contribution in [2.75, 3.05) is 6.54 Å². The lowest BCUT2D eigenvalue weighted by Crippen LogP contribution is -2.58. The molecule has 1 aromatic rings. The van der Waals surface area contributed by atoms with Gasteiger partial charge in [0.05, 0.1) is 12.5 Å². The van der Waals surface area contributed by atoms with Crippen LogP contribution in [0.25, 0.3) is 0 Å². The lowest BCUT2D eigenvalue weighted by Gasteiger charge is -2.25. The molecule has 216 valence electrons. The van der Waals surface area contributed by atoms with Crippen LogP contribution >= 0.6 is 0 Å². The van der Waals surface area contributed by atoms with Gasteiger partial charge in [-0.1, -0.05) is 18.6 Å². The van der Waals surface area contributed by atoms with E-state index < -0.39 is 66.1 Å². The molecule has 0 bridgehead atoms. The van der Waals surface area contributed by atoms with Gasteiger partial charge in [0.15, 0.2) is 0 Å². The van der Waals surface area contributed by atoms with Crippen molar-refractivity contribution in [2.24, 2.45) is 22.9 Å². The Kier molecular flexibility index (Phi) is 13.9. The highest BCUT2D eigenvalue weighted by atomic mass is 16.4. The third kappa shape index (κ3) is 12.7. The maximum Gasteiger partial charge on any atom is 0.326 e. The van der Waals surface area contributed by atoms with Crippen molar-refractivity contribution in [3.63, 3.8) is 0 Å². The van der Waals surface area contributed by atoms with E-state index in [1.165, 1.54) is 24.3 Å². The smallest absolute Gasteiger partial charge is 0.326 e. The quantitative estimate of drug-likeness (QED) is 0.0837. The van der Waals surface area contributed by atoms with Crippen LogP contribution in [0.15, 0.2) is 24.3 Å². The summed E-state index contributed by atoms with van der Waals surface area (Å²) in [4.78, 5) is 73.0. The normalized spacial score (nSPS) is 13.8. The SMILES string of the molecule is NCCCCC(N)C(=O)NC(CC(N)=O)C(=O)NC(Cc1ccc(O)cc1)C(=O)NC(CCC(N)=O)C(=O)O. The molecule has 15 nitrogen and oxygen atoms in total. The molecule has 0 fully saturated rings. The fraction of sp³-hybridized carbons (Fsp3) is 0.500. The molecular formula is C24H37N7O8. The fourth-order valence-electron chi connectivity index (χ4n) is 3.49. The molecule has 0 aromatic heterocycles. The molecule has 0 spiro atoms. The predicted octanol–water partition coefficient (Wildman–Crippen LogP) is -2.93. The number of benzene rings is 1. The summed E-state index contributed by atoms with van der Waals surface area (Å²) in [5.41, 5.74) is 22.1. The number of primary amides is 2. The number of phenols is 1. The van der Waals surface area contributed by atoms with Gasteiger partial charge in [0, 0.05) is 12.8 Å². The molecule has 0 heterocycles. The number of rotatable bonds is 18. The first-order chi connectivity index (χ1) is 18.3. The maximum atomic E-state index is 13.1. The maximum absolute atomic E-state index is 13.1. The number of hydrogen-bond acceptors (Lipinski definition) is 9. The van der Waals surface area contributed by atoms with Crippen molar-refractivity contribution >= 4 is 35.5 Å². The first-order valence-electron chi connectivity index (χ1n) is 12.3. The van der Waals surface area contributed by atoms with Gasteiger partial charge in [0.1, 0.15) is 23.9 Å². The molecular weight excluding hydrogens is 514 g/mol. The van der Waals surface area contributed by atoms with Crippen LogP contribution in [-0.4, -0.2) is 76.4 Å². The van der Waals surface area contributed by atoms with E-state index >= 15 is 0 Å². The molecule has 0 aliphatic carbocycles. The molecule has 0 saturated heterocycles. The summed E-state index contributed by atoms with van der Waals surface area (Å²) in [6.07, 6.45) is 0.113. The van der Waals surface area contributed by atoms with Crippen LogP contribution in [-0.2, 0) is 35.2 Å². The van der Waals surface area contributed by atoms with Crippen LogP contribution in [0.4, 0.5) is 0 Å². The van der Waals surface area contributed by atoms with Crippen molar-refractivity contribution in [2.45, 2.75) is 69.1 Å². The first-order valence-corrected chi connectivity index (χ1v) is 12.3. The van der Waals surface area contributed by atoms with E-state index in [9.17, 15) is 39.0 Å². The number of aliphatic carboxylic acids is 1. The van der Waals surface area contributed by atoms with Gasteiger partial charge in [0.2, 0.25) is 29.5 Å². The van der Waals surface area contributed by atoms with Crippen LogP contribution in [0.1, 0.15) is 44.1 Å². The average Bonchev–Trinajstić information content (AvgIpc) is 2.86. The van der Waals surface area contributed by atoms with Gasteiger partial charge in [-0.2, -0.15) is 0 Å². The number of amides is 5. The second-order valence-corrected chi connectivity index (χ2v) is 8.96. The highest BCUT2D eigenvalue weighted by Crippen LogP contribution is 2.12. The molecule has 5 amide bonds. The van der Waals surface area contributed by atoms with Gasteiger partial charge >= 0.3 is 5.97 Å². The zero-order chi connectivity index (χ0) is 29.5. The minimum atomic E-state index is -1.49. The summed E-state index contributed by atoms with van der Waals surface area (Å²) in [6, 6.07) is 0.315. The van der Waals surface area contributed by atoms with Crippen molar-refractivity contribution in [1.82, 2.24) is 16.0 Å². The molecule has 0 radical (unpaired) electrons. The standard InChI is InChI=1S/C24H37N7O8/c25-10-2-1-3-15(26)21(35)30-18(12-20(28)34)23(37)31-17(11-13-4-6-14(32)7-5-13)22(36)29-16(24(38)39)8-9-19(27)33/h4-7,15-18,32H,1-3,8-12,25-26H2,(H2,27,33)(H2,28,34)(H,29,36)(H,30,35)(H,31,37)(H,38,39). The predicted molar refractivity (Wildman–Crippen MR) is 138 cm³/mol. The Balaban J connectivity index is 3.13. The highest BCUT2D eigenvalue weighted by Gasteiger charge is 2.31. The van der Waals surface area contributed by atoms with Crippen molar-refractivity contribution in [3.05, 3.63) is 29.8 Å². The Hall–Kier alpha value is -4.24. The third-order valence-electron chi connectivity index (χ3n) is 5.65. The Labute approximate surface area is 225 Å². The Morgan fingerprint density at radius 1 is 0.769 bits per heavy atom. The monoisotopic (exact) mass is 551 g/mol. The van der Waals surface area contributed by atoms with Crippen molar-refractivity contribution in [3.8, 4) is 5.75 Å². The molecule has 39 heavy (non-hydrogen) atoms. The molecule has 15 heteroatoms. The van der Waals surface area contributed by atoms with Gasteiger partial charge in [-0.15, -0.1) is 0 Å². The summed E-state index contributed by atoms with van der Waals surface area (Å²) >= 11 is 0. The van der Waals surface area contributed by atoms with Crippen molar-refractivity contribution < 1.29 is 39.0 Å². The van der Waals surface area contributed by atoms with Gasteiger partial charge in [-0.05, 0) is 43.5 Å². The zero-order valence-corrected chi connectivity index (χ0v) is 21.4. The number of nitrogens with two attached hydrogens (primary N) is 4. The van der Waals surface area contributed by atoms with Gasteiger partial charge in [-0.3, -0.25) is 24.0 Å². The summed E-state index contributed by atoms with van der Waals surface area (Å²) in [5.74, 6) is -5.74. The fourth-order valence-corrected chi connectivity index (χ4v) is 3.49. The summed E-state index contributed by atoms with van der Waals surface area (Å²) in [6.45, 7) is 0.413. The molecule has 4 atom stereocenters. The molecule has 0 aliphatic heterocycles. The van der Waals surface area contributed by atoms with Gasteiger partial charge in [0.25, 0.3) is 0 Å². The van der Waals surface area contributed by atoms with E-state index in [1.54, 1.807) is 0 Å². The molecule has 4 unspecified atom stereocenters. The Bertz CT molecular complexity index is 1020. The second kappa shape index (κ2) is 16.6. The van der Waals surface area contributed by atoms with E-state index in [-0.39, 0.29) is 31.4 Å². The number of phenolic OH excluding ortho intramolecular Hbond substituents is 1. The summed E-state index contributed by atoms with van der Waals surface area (Å²) in [7, 11) is 0. The molecule has 1 aromatic carbocycles. The minimum Gasteiger partial charge on any atom is -0.508 e. The highest BCUT2D eigenvalue weighted by molar-refractivity contribution is 5.96. The zero-order valence-electron chi connectivity index (χ0n) is 21.4. The van der Waals surface area contributed by atoms with E-state index in [1.807, 2.05) is 0 Å². The van der Waals surface area contributed by atoms with Gasteiger partial charge < -0.3 is 49.1 Å².